The van der Waals surface area contributed by atoms with Crippen LogP contribution in [0.2, 0.25) is 0 Å². The van der Waals surface area contributed by atoms with Crippen molar-refractivity contribution in [3.8, 4) is 0 Å². The number of aliphatic hydroxyl groups is 1. The summed E-state index contributed by atoms with van der Waals surface area (Å²) in [6, 6.07) is 7.33. The normalized spacial score (nSPS) is 21.2. The number of nitrogens with one attached hydrogen (secondary N) is 1. The molecule has 1 aromatic carbocycles. The summed E-state index contributed by atoms with van der Waals surface area (Å²) in [5.41, 5.74) is -0.00626. The first-order chi connectivity index (χ1) is 9.68. The zero-order valence-corrected chi connectivity index (χ0v) is 12.1. The molecule has 0 unspecified atom stereocenters. The van der Waals surface area contributed by atoms with Crippen LogP contribution in [0.4, 0.5) is 5.69 Å². The lowest BCUT2D eigenvalue weighted by Crippen LogP contribution is -2.33. The van der Waals surface area contributed by atoms with Crippen molar-refractivity contribution in [2.45, 2.75) is 51.0 Å². The summed E-state index contributed by atoms with van der Waals surface area (Å²) < 4.78 is 0. The summed E-state index contributed by atoms with van der Waals surface area (Å²) in [6.07, 6.45) is 10.3. The molecule has 1 heterocycles. The predicted octanol–water partition coefficient (Wildman–Crippen LogP) is 3.74. The van der Waals surface area contributed by atoms with Crippen molar-refractivity contribution in [2.24, 2.45) is 0 Å². The SMILES string of the molecule is CCCCCC/C=C/C[C@@]1(O)C(=O)Nc2ccccc21. The molecule has 0 fully saturated rings. The number of unbranched alkanes of at least 4 members (excludes halogenated alkanes) is 4. The van der Waals surface area contributed by atoms with Crippen LogP contribution >= 0.6 is 0 Å². The number of amides is 1. The molecule has 1 aromatic rings. The van der Waals surface area contributed by atoms with Crippen LogP contribution in [-0.4, -0.2) is 11.0 Å². The number of carbonyl (C=O) groups is 1. The van der Waals surface area contributed by atoms with Gasteiger partial charge in [-0.3, -0.25) is 4.79 Å². The minimum absolute atomic E-state index is 0.325. The Kier molecular flexibility index (Phi) is 4.96. The van der Waals surface area contributed by atoms with Crippen LogP contribution in [0, 0.1) is 0 Å². The monoisotopic (exact) mass is 273 g/mol. The third-order valence-corrected chi connectivity index (χ3v) is 3.80. The van der Waals surface area contributed by atoms with Crippen LogP contribution in [0.15, 0.2) is 36.4 Å². The molecule has 0 saturated heterocycles. The van der Waals surface area contributed by atoms with Gasteiger partial charge in [-0.25, -0.2) is 0 Å². The van der Waals surface area contributed by atoms with Crippen molar-refractivity contribution >= 4 is 11.6 Å². The fraction of sp³-hybridized carbons (Fsp3) is 0.471. The number of allylic oxidation sites excluding steroid dienone is 1. The molecule has 2 N–H and O–H groups in total. The summed E-state index contributed by atoms with van der Waals surface area (Å²) in [7, 11) is 0. The molecule has 108 valence electrons. The van der Waals surface area contributed by atoms with Gasteiger partial charge in [-0.05, 0) is 18.9 Å². The Hall–Kier alpha value is -1.61. The molecule has 1 amide bonds. The Morgan fingerprint density at radius 2 is 2.00 bits per heavy atom. The summed E-state index contributed by atoms with van der Waals surface area (Å²) in [5, 5.41) is 13.3. The van der Waals surface area contributed by atoms with Crippen LogP contribution < -0.4 is 5.32 Å². The molecule has 1 aliphatic rings. The number of benzene rings is 1. The third-order valence-electron chi connectivity index (χ3n) is 3.80. The number of carbonyl (C=O) groups excluding carboxylic acids is 1. The molecule has 0 aromatic heterocycles. The molecular formula is C17H23NO2. The minimum Gasteiger partial charge on any atom is -0.375 e. The second kappa shape index (κ2) is 6.71. The first kappa shape index (κ1) is 14.8. The van der Waals surface area contributed by atoms with Crippen LogP contribution in [0.1, 0.15) is 51.0 Å². The zero-order chi connectivity index (χ0) is 14.4. The Labute approximate surface area is 120 Å². The molecule has 1 aliphatic heterocycles. The molecule has 0 aliphatic carbocycles. The van der Waals surface area contributed by atoms with Crippen LogP contribution in [0.25, 0.3) is 0 Å². The molecule has 2 rings (SSSR count). The van der Waals surface area contributed by atoms with Gasteiger partial charge in [0.1, 0.15) is 0 Å². The van der Waals surface area contributed by atoms with E-state index in [0.29, 0.717) is 12.0 Å². The highest BCUT2D eigenvalue weighted by atomic mass is 16.3. The van der Waals surface area contributed by atoms with Crippen molar-refractivity contribution in [1.82, 2.24) is 0 Å². The van der Waals surface area contributed by atoms with E-state index < -0.39 is 5.60 Å². The number of para-hydroxylation sites is 1. The van der Waals surface area contributed by atoms with E-state index >= 15 is 0 Å². The quantitative estimate of drug-likeness (QED) is 0.587. The Balaban J connectivity index is 1.91. The summed E-state index contributed by atoms with van der Waals surface area (Å²) >= 11 is 0. The van der Waals surface area contributed by atoms with Gasteiger partial charge >= 0.3 is 0 Å². The molecule has 0 radical (unpaired) electrons. The largest absolute Gasteiger partial charge is 0.375 e. The molecule has 0 spiro atoms. The van der Waals surface area contributed by atoms with Crippen molar-refractivity contribution < 1.29 is 9.90 Å². The first-order valence-electron chi connectivity index (χ1n) is 7.47. The fourth-order valence-corrected chi connectivity index (χ4v) is 2.56. The fourth-order valence-electron chi connectivity index (χ4n) is 2.56. The Bertz CT molecular complexity index is 496. The van der Waals surface area contributed by atoms with E-state index in [4.69, 9.17) is 0 Å². The number of hydrogen-bond donors (Lipinski definition) is 2. The summed E-state index contributed by atoms with van der Waals surface area (Å²) in [6.45, 7) is 2.20. The van der Waals surface area contributed by atoms with Gasteiger partial charge in [0, 0.05) is 17.7 Å². The van der Waals surface area contributed by atoms with E-state index in [1.807, 2.05) is 30.3 Å². The van der Waals surface area contributed by atoms with Crippen LogP contribution in [0.5, 0.6) is 0 Å². The number of anilines is 1. The van der Waals surface area contributed by atoms with E-state index in [1.165, 1.54) is 25.7 Å². The molecule has 1 atom stereocenters. The standard InChI is InChI=1S/C17H23NO2/c1-2-3-4-5-6-7-10-13-17(20)14-11-8-9-12-15(14)18-16(17)19/h7-12,20H,2-6,13H2,1H3,(H,18,19)/b10-7+/t17-/m0/s1. The highest BCUT2D eigenvalue weighted by molar-refractivity contribution is 6.04. The maximum absolute atomic E-state index is 12.0. The van der Waals surface area contributed by atoms with Crippen molar-refractivity contribution in [3.05, 3.63) is 42.0 Å². The highest BCUT2D eigenvalue weighted by Gasteiger charge is 2.43. The zero-order valence-electron chi connectivity index (χ0n) is 12.1. The second-order valence-corrected chi connectivity index (χ2v) is 5.38. The molecule has 0 saturated carbocycles. The van der Waals surface area contributed by atoms with Crippen molar-refractivity contribution in [2.75, 3.05) is 5.32 Å². The summed E-state index contributed by atoms with van der Waals surface area (Å²) in [5.74, 6) is -0.325. The van der Waals surface area contributed by atoms with Gasteiger partial charge in [-0.15, -0.1) is 0 Å². The second-order valence-electron chi connectivity index (χ2n) is 5.38. The molecule has 3 heteroatoms. The van der Waals surface area contributed by atoms with Crippen LogP contribution in [-0.2, 0) is 10.4 Å². The number of fused-ring (bicyclic) bond motifs is 1. The van der Waals surface area contributed by atoms with Gasteiger partial charge in [-0.2, -0.15) is 0 Å². The Morgan fingerprint density at radius 1 is 1.20 bits per heavy atom. The van der Waals surface area contributed by atoms with E-state index in [1.54, 1.807) is 0 Å². The predicted molar refractivity (Wildman–Crippen MR) is 81.5 cm³/mol. The highest BCUT2D eigenvalue weighted by Crippen LogP contribution is 2.38. The molecule has 3 nitrogen and oxygen atoms in total. The summed E-state index contributed by atoms with van der Waals surface area (Å²) in [4.78, 5) is 12.0. The lowest BCUT2D eigenvalue weighted by atomic mass is 9.91. The third kappa shape index (κ3) is 3.10. The first-order valence-corrected chi connectivity index (χ1v) is 7.47. The average Bonchev–Trinajstić information content (AvgIpc) is 2.70. The van der Waals surface area contributed by atoms with E-state index in [9.17, 15) is 9.90 Å². The smallest absolute Gasteiger partial charge is 0.261 e. The van der Waals surface area contributed by atoms with E-state index in [-0.39, 0.29) is 5.91 Å². The topological polar surface area (TPSA) is 49.3 Å². The maximum atomic E-state index is 12.0. The lowest BCUT2D eigenvalue weighted by molar-refractivity contribution is -0.133. The van der Waals surface area contributed by atoms with Gasteiger partial charge in [0.05, 0.1) is 0 Å². The molecule has 0 bridgehead atoms. The lowest BCUT2D eigenvalue weighted by Gasteiger charge is -2.18. The average molecular weight is 273 g/mol. The van der Waals surface area contributed by atoms with Gasteiger partial charge < -0.3 is 10.4 Å². The van der Waals surface area contributed by atoms with Gasteiger partial charge in [0.15, 0.2) is 5.60 Å². The van der Waals surface area contributed by atoms with Crippen molar-refractivity contribution in [1.29, 1.82) is 0 Å². The van der Waals surface area contributed by atoms with E-state index in [2.05, 4.69) is 18.3 Å². The molecular weight excluding hydrogens is 250 g/mol. The molecule has 20 heavy (non-hydrogen) atoms. The van der Waals surface area contributed by atoms with Gasteiger partial charge in [0.2, 0.25) is 0 Å². The van der Waals surface area contributed by atoms with Gasteiger partial charge in [-0.1, -0.05) is 56.5 Å². The minimum atomic E-state index is -1.41. The number of hydrogen-bond acceptors (Lipinski definition) is 2. The van der Waals surface area contributed by atoms with Crippen molar-refractivity contribution in [3.63, 3.8) is 0 Å². The number of rotatable bonds is 7. The van der Waals surface area contributed by atoms with Crippen LogP contribution in [0.3, 0.4) is 0 Å². The van der Waals surface area contributed by atoms with E-state index in [0.717, 1.165) is 12.1 Å². The van der Waals surface area contributed by atoms with Gasteiger partial charge in [0.25, 0.3) is 5.91 Å². The maximum Gasteiger partial charge on any atom is 0.261 e. The Morgan fingerprint density at radius 3 is 2.80 bits per heavy atom.